The first-order chi connectivity index (χ1) is 8.99. The Bertz CT molecular complexity index is 510. The molecular weight excluding hydrogens is 242 g/mol. The Balaban J connectivity index is 1.78. The molecule has 1 aromatic rings. The molecule has 0 bridgehead atoms. The molecule has 1 aliphatic rings. The van der Waals surface area contributed by atoms with Crippen molar-refractivity contribution in [2.45, 2.75) is 26.7 Å². The first kappa shape index (κ1) is 13.6. The van der Waals surface area contributed by atoms with E-state index in [0.29, 0.717) is 13.0 Å². The van der Waals surface area contributed by atoms with Gasteiger partial charge in [-0.2, -0.15) is 0 Å². The number of rotatable bonds is 5. The van der Waals surface area contributed by atoms with Crippen LogP contribution in [0.4, 0.5) is 0 Å². The van der Waals surface area contributed by atoms with Crippen molar-refractivity contribution in [2.75, 3.05) is 6.54 Å². The van der Waals surface area contributed by atoms with Crippen LogP contribution in [0.3, 0.4) is 0 Å². The Hall–Kier alpha value is -1.84. The fourth-order valence-corrected chi connectivity index (χ4v) is 2.34. The molecule has 2 N–H and O–H groups in total. The van der Waals surface area contributed by atoms with Gasteiger partial charge in [0, 0.05) is 6.54 Å². The van der Waals surface area contributed by atoms with Gasteiger partial charge in [-0.25, -0.2) is 0 Å². The van der Waals surface area contributed by atoms with Gasteiger partial charge in [0.25, 0.3) is 0 Å². The van der Waals surface area contributed by atoms with Crippen LogP contribution in [0, 0.1) is 25.7 Å². The number of carboxylic acid groups (broad SMARTS) is 1. The van der Waals surface area contributed by atoms with Crippen LogP contribution in [0.5, 0.6) is 0 Å². The summed E-state index contributed by atoms with van der Waals surface area (Å²) in [5, 5.41) is 11.6. The van der Waals surface area contributed by atoms with Crippen LogP contribution >= 0.6 is 0 Å². The highest BCUT2D eigenvalue weighted by Crippen LogP contribution is 2.38. The van der Waals surface area contributed by atoms with Gasteiger partial charge in [0.15, 0.2) is 0 Å². The van der Waals surface area contributed by atoms with Gasteiger partial charge < -0.3 is 10.4 Å². The largest absolute Gasteiger partial charge is 0.481 e. The number of nitrogens with one attached hydrogen (secondary N) is 1. The zero-order valence-corrected chi connectivity index (χ0v) is 11.3. The molecule has 1 aromatic carbocycles. The van der Waals surface area contributed by atoms with Crippen LogP contribution in [0.25, 0.3) is 0 Å². The highest BCUT2D eigenvalue weighted by Gasteiger charge is 2.48. The summed E-state index contributed by atoms with van der Waals surface area (Å²) in [5.74, 6) is -1.79. The summed E-state index contributed by atoms with van der Waals surface area (Å²) in [6, 6.07) is 6.26. The molecule has 2 unspecified atom stereocenters. The maximum atomic E-state index is 11.7. The number of amides is 1. The highest BCUT2D eigenvalue weighted by molar-refractivity contribution is 5.89. The van der Waals surface area contributed by atoms with Crippen LogP contribution in [0.2, 0.25) is 0 Å². The Labute approximate surface area is 112 Å². The molecular formula is C15H19NO3. The Morgan fingerprint density at radius 3 is 2.63 bits per heavy atom. The molecule has 0 aliphatic heterocycles. The van der Waals surface area contributed by atoms with Crippen molar-refractivity contribution in [1.82, 2.24) is 5.32 Å². The van der Waals surface area contributed by atoms with Gasteiger partial charge in [0.05, 0.1) is 11.8 Å². The van der Waals surface area contributed by atoms with Crippen molar-refractivity contribution in [3.8, 4) is 0 Å². The molecule has 4 nitrogen and oxygen atoms in total. The average molecular weight is 261 g/mol. The van der Waals surface area contributed by atoms with E-state index in [-0.39, 0.29) is 11.8 Å². The molecule has 2 atom stereocenters. The van der Waals surface area contributed by atoms with E-state index in [0.717, 1.165) is 6.42 Å². The zero-order valence-electron chi connectivity index (χ0n) is 11.3. The first-order valence-electron chi connectivity index (χ1n) is 6.55. The highest BCUT2D eigenvalue weighted by atomic mass is 16.4. The monoisotopic (exact) mass is 261 g/mol. The van der Waals surface area contributed by atoms with Crippen molar-refractivity contribution in [3.05, 3.63) is 34.9 Å². The number of carbonyl (C=O) groups is 2. The minimum absolute atomic E-state index is 0.128. The van der Waals surface area contributed by atoms with E-state index in [9.17, 15) is 9.59 Å². The smallest absolute Gasteiger partial charge is 0.307 e. The van der Waals surface area contributed by atoms with Gasteiger partial charge in [-0.1, -0.05) is 23.8 Å². The molecule has 4 heteroatoms. The second-order valence-corrected chi connectivity index (χ2v) is 5.26. The van der Waals surface area contributed by atoms with Gasteiger partial charge in [0.2, 0.25) is 5.91 Å². The lowest BCUT2D eigenvalue weighted by atomic mass is 10.0. The van der Waals surface area contributed by atoms with E-state index >= 15 is 0 Å². The molecule has 0 saturated heterocycles. The quantitative estimate of drug-likeness (QED) is 0.847. The van der Waals surface area contributed by atoms with Gasteiger partial charge in [-0.05, 0) is 37.8 Å². The normalized spacial score (nSPS) is 20.9. The van der Waals surface area contributed by atoms with Crippen LogP contribution in [0.15, 0.2) is 18.2 Å². The molecule has 1 aliphatic carbocycles. The van der Waals surface area contributed by atoms with E-state index in [1.165, 1.54) is 16.7 Å². The van der Waals surface area contributed by atoms with Crippen molar-refractivity contribution in [3.63, 3.8) is 0 Å². The van der Waals surface area contributed by atoms with Crippen LogP contribution in [-0.2, 0) is 16.0 Å². The lowest BCUT2D eigenvalue weighted by Crippen LogP contribution is -2.28. The summed E-state index contributed by atoms with van der Waals surface area (Å²) in [7, 11) is 0. The molecule has 102 valence electrons. The summed E-state index contributed by atoms with van der Waals surface area (Å²) < 4.78 is 0. The molecule has 1 amide bonds. The predicted octanol–water partition coefficient (Wildman–Crippen LogP) is 1.68. The third-order valence-electron chi connectivity index (χ3n) is 3.64. The fraction of sp³-hybridized carbons (Fsp3) is 0.467. The molecule has 1 saturated carbocycles. The molecule has 1 fully saturated rings. The second kappa shape index (κ2) is 5.43. The predicted molar refractivity (Wildman–Crippen MR) is 71.9 cm³/mol. The van der Waals surface area contributed by atoms with Gasteiger partial charge in [-0.15, -0.1) is 0 Å². The third-order valence-corrected chi connectivity index (χ3v) is 3.64. The fourth-order valence-electron chi connectivity index (χ4n) is 2.34. The lowest BCUT2D eigenvalue weighted by molar-refractivity contribution is -0.140. The third kappa shape index (κ3) is 3.34. The number of aryl methyl sites for hydroxylation is 2. The van der Waals surface area contributed by atoms with E-state index in [1.807, 2.05) is 0 Å². The minimum Gasteiger partial charge on any atom is -0.481 e. The number of hydrogen-bond donors (Lipinski definition) is 2. The number of carbonyl (C=O) groups excluding carboxylic acids is 1. The number of aliphatic carboxylic acids is 1. The number of carboxylic acids is 1. The van der Waals surface area contributed by atoms with Crippen LogP contribution in [0.1, 0.15) is 23.1 Å². The van der Waals surface area contributed by atoms with Gasteiger partial charge in [0.1, 0.15) is 0 Å². The standard InChI is InChI=1S/C15H19NO3/c1-9-3-4-11(10(2)7-9)5-6-16-14(17)12-8-13(12)15(18)19/h3-4,7,12-13H,5-6,8H2,1-2H3,(H,16,17)(H,18,19). The molecule has 19 heavy (non-hydrogen) atoms. The number of hydrogen-bond acceptors (Lipinski definition) is 2. The first-order valence-corrected chi connectivity index (χ1v) is 6.55. The van der Waals surface area contributed by atoms with Crippen molar-refractivity contribution >= 4 is 11.9 Å². The van der Waals surface area contributed by atoms with E-state index in [4.69, 9.17) is 5.11 Å². The molecule has 0 heterocycles. The summed E-state index contributed by atoms with van der Waals surface area (Å²) in [4.78, 5) is 22.3. The minimum atomic E-state index is -0.866. The van der Waals surface area contributed by atoms with E-state index < -0.39 is 11.9 Å². The van der Waals surface area contributed by atoms with Gasteiger partial charge >= 0.3 is 5.97 Å². The van der Waals surface area contributed by atoms with Crippen LogP contribution < -0.4 is 5.32 Å². The summed E-state index contributed by atoms with van der Waals surface area (Å²) in [5.41, 5.74) is 3.67. The van der Waals surface area contributed by atoms with E-state index in [1.54, 1.807) is 0 Å². The zero-order chi connectivity index (χ0) is 14.0. The maximum Gasteiger partial charge on any atom is 0.307 e. The van der Waals surface area contributed by atoms with Crippen molar-refractivity contribution in [1.29, 1.82) is 0 Å². The SMILES string of the molecule is Cc1ccc(CCNC(=O)C2CC2C(=O)O)c(C)c1. The summed E-state index contributed by atoms with van der Waals surface area (Å²) >= 11 is 0. The van der Waals surface area contributed by atoms with Crippen molar-refractivity contribution in [2.24, 2.45) is 11.8 Å². The van der Waals surface area contributed by atoms with E-state index in [2.05, 4.69) is 37.4 Å². The molecule has 2 rings (SSSR count). The van der Waals surface area contributed by atoms with Crippen molar-refractivity contribution < 1.29 is 14.7 Å². The molecule has 0 spiro atoms. The average Bonchev–Trinajstić information content (AvgIpc) is 3.12. The topological polar surface area (TPSA) is 66.4 Å². The Morgan fingerprint density at radius 2 is 2.05 bits per heavy atom. The Morgan fingerprint density at radius 1 is 1.32 bits per heavy atom. The molecule has 0 radical (unpaired) electrons. The maximum absolute atomic E-state index is 11.7. The lowest BCUT2D eigenvalue weighted by Gasteiger charge is -2.08. The number of benzene rings is 1. The second-order valence-electron chi connectivity index (χ2n) is 5.26. The molecule has 0 aromatic heterocycles. The summed E-state index contributed by atoms with van der Waals surface area (Å²) in [6.07, 6.45) is 1.26. The Kier molecular flexibility index (Phi) is 3.88. The van der Waals surface area contributed by atoms with Gasteiger partial charge in [-0.3, -0.25) is 9.59 Å². The summed E-state index contributed by atoms with van der Waals surface area (Å²) in [6.45, 7) is 4.68. The van der Waals surface area contributed by atoms with Crippen LogP contribution in [-0.4, -0.2) is 23.5 Å².